The summed E-state index contributed by atoms with van der Waals surface area (Å²) in [4.78, 5) is 52.9. The Bertz CT molecular complexity index is 6020. The number of rotatable bonds is 20. The molecule has 12 aromatic rings. The molecule has 5 aliphatic heterocycles. The molecule has 22 heteroatoms. The summed E-state index contributed by atoms with van der Waals surface area (Å²) in [7, 11) is 6.81. The average molecular weight is 2140 g/mol. The minimum Gasteiger partial charge on any atom is -0.487 e. The normalized spacial score (nSPS) is 18.0. The van der Waals surface area contributed by atoms with Gasteiger partial charge in [0.05, 0.1) is 67.8 Å². The predicted octanol–water partition coefficient (Wildman–Crippen LogP) is 28.6. The zero-order chi connectivity index (χ0) is 96.7. The van der Waals surface area contributed by atoms with Crippen LogP contribution in [0.4, 0.5) is 5.69 Å². The Labute approximate surface area is 904 Å². The van der Waals surface area contributed by atoms with Crippen LogP contribution >= 0.6 is 47.0 Å². The maximum absolute atomic E-state index is 12.9. The second kappa shape index (κ2) is 58.6. The number of nitrogens with zero attached hydrogens (tertiary/aromatic N) is 6. The van der Waals surface area contributed by atoms with E-state index >= 15 is 0 Å². The molecule has 144 heavy (non-hydrogen) atoms. The van der Waals surface area contributed by atoms with E-state index in [9.17, 15) is 19.5 Å². The first-order chi connectivity index (χ1) is 69.4. The quantitative estimate of drug-likeness (QED) is 0.0440. The molecule has 0 aromatic heterocycles. The van der Waals surface area contributed by atoms with Gasteiger partial charge in [0.1, 0.15) is 19.0 Å². The molecule has 12 aromatic carbocycles. The second-order valence-electron chi connectivity index (χ2n) is 40.2. The van der Waals surface area contributed by atoms with E-state index in [1.807, 2.05) is 71.3 Å². The van der Waals surface area contributed by atoms with E-state index in [0.29, 0.717) is 81.7 Å². The van der Waals surface area contributed by atoms with Crippen molar-refractivity contribution in [2.75, 3.05) is 144 Å². The number of Topliss-reactive ketones (excluding diaryl/α,β-unsaturated/α-hetero) is 1. The minimum atomic E-state index is -0.352. The van der Waals surface area contributed by atoms with E-state index in [1.54, 1.807) is 12.1 Å². The first-order valence-electron chi connectivity index (χ1n) is 53.1. The number of ketones is 1. The van der Waals surface area contributed by atoms with E-state index < -0.39 is 0 Å². The van der Waals surface area contributed by atoms with Gasteiger partial charge < -0.3 is 43.5 Å². The Morgan fingerprint density at radius 2 is 0.778 bits per heavy atom. The number of piperazine rings is 1. The number of carbonyl (C=O) groups excluding carboxylic acids is 3. The molecule has 23 rings (SSSR count). The molecule has 0 unspecified atom stereocenters. The molecule has 0 atom stereocenters. The number of likely N-dealkylation sites (N-methyl/N-ethyl adjacent to an activating group) is 1. The summed E-state index contributed by atoms with van der Waals surface area (Å²) in [5, 5.41) is 33.8. The van der Waals surface area contributed by atoms with Gasteiger partial charge in [0, 0.05) is 155 Å². The Morgan fingerprint density at radius 1 is 0.382 bits per heavy atom. The van der Waals surface area contributed by atoms with Crippen LogP contribution in [0.5, 0.6) is 11.5 Å². The number of aliphatic hydroxyl groups excluding tert-OH is 1. The van der Waals surface area contributed by atoms with Gasteiger partial charge in [-0.1, -0.05) is 346 Å². The van der Waals surface area contributed by atoms with Crippen LogP contribution in [0.25, 0.3) is 75.4 Å². The van der Waals surface area contributed by atoms with E-state index in [1.165, 1.54) is 279 Å². The monoisotopic (exact) mass is 2140 g/mol. The largest absolute Gasteiger partial charge is 0.487 e. The molecule has 15 nitrogen and oxygen atoms in total. The summed E-state index contributed by atoms with van der Waals surface area (Å²) in [6.45, 7) is 14.0. The maximum Gasteiger partial charge on any atom is 0.261 e. The molecule has 7 fully saturated rings. The molecule has 6 saturated carbocycles. The number of hydrogen-bond donors (Lipinski definition) is 1. The maximum atomic E-state index is 12.9. The Balaban J connectivity index is 0.000000146. The summed E-state index contributed by atoms with van der Waals surface area (Å²) < 4.78 is 32.0. The molecule has 6 aliphatic carbocycles. The van der Waals surface area contributed by atoms with Crippen molar-refractivity contribution in [3.05, 3.63) is 275 Å². The van der Waals surface area contributed by atoms with Gasteiger partial charge in [-0.2, -0.15) is 0 Å². The van der Waals surface area contributed by atoms with Crippen LogP contribution in [0.2, 0.25) is 0 Å². The number of β-amino-alcohol motifs (C(OH)–C–C–N with tert-alkyl or cyclic N) is 1. The summed E-state index contributed by atoms with van der Waals surface area (Å²) in [6, 6.07) is 73.3. The van der Waals surface area contributed by atoms with Crippen LogP contribution < -0.4 is 14.4 Å². The fraction of sp³-hybridized carbons (Fsp3) is 0.451. The van der Waals surface area contributed by atoms with Gasteiger partial charge in [0.25, 0.3) is 11.8 Å². The number of fused-ring (bicyclic) bond motifs is 7. The average Bonchev–Trinajstić information content (AvgIpc) is 1.60. The second-order valence-corrected chi connectivity index (χ2v) is 44.6. The van der Waals surface area contributed by atoms with Gasteiger partial charge in [0.2, 0.25) is 0 Å². The molecule has 5 heterocycles. The van der Waals surface area contributed by atoms with Crippen molar-refractivity contribution < 1.29 is 94.4 Å². The van der Waals surface area contributed by atoms with Gasteiger partial charge in [-0.05, 0) is 229 Å². The molecule has 0 radical (unpaired) electrons. The molecule has 11 aliphatic rings. The third-order valence-electron chi connectivity index (χ3n) is 29.9. The SMILES string of the molecule is C1CCCC1.C1CCCC1.C1CCCC1.CN(CC1=CSC(=C2SC=CS2)S1)Cc1c2ccccc2cc2ccccc12.CN(Cc1c2ccccc2c(Cc2ccc3c(c2)OCCOCCOCCOCCO3)c2ccccc12)CC1CCCC1.CN(Cc1c2ccccc2cc2ccccc12)CC1CCCC1.O=C(CN1CCN(c2ccc3c4c(cccc24)C(=O)N(CCO)C3=O)CC1)C1CCCC1.[Fe].[Fe].[Fe]. The molecule has 1 saturated heterocycles. The predicted molar refractivity (Wildman–Crippen MR) is 596 cm³/mol. The molecule has 2 amide bonds. The molecule has 0 spiro atoms. The van der Waals surface area contributed by atoms with Crippen molar-refractivity contribution in [1.82, 2.24) is 24.5 Å². The summed E-state index contributed by atoms with van der Waals surface area (Å²) in [5.41, 5.74) is 8.91. The molecule has 1 N–H and O–H groups in total. The molecular formula is C122H148Fe3N6O9S4. The first-order valence-corrected chi connectivity index (χ1v) is 56.5. The van der Waals surface area contributed by atoms with Gasteiger partial charge in [-0.25, -0.2) is 0 Å². The Hall–Kier alpha value is -7.47. The number of aliphatic hydroxyl groups is 1. The van der Waals surface area contributed by atoms with Crippen molar-refractivity contribution >= 4 is 146 Å². The van der Waals surface area contributed by atoms with Crippen LogP contribution in [0, 0.1) is 17.8 Å². The van der Waals surface area contributed by atoms with Crippen LogP contribution in [0.1, 0.15) is 222 Å². The molecular weight excluding hydrogens is 1990 g/mol. The van der Waals surface area contributed by atoms with Crippen LogP contribution in [-0.2, 0) is 96.3 Å². The van der Waals surface area contributed by atoms with Gasteiger partial charge in [-0.15, -0.1) is 0 Å². The van der Waals surface area contributed by atoms with Crippen molar-refractivity contribution in [2.45, 2.75) is 199 Å². The zero-order valence-corrected chi connectivity index (χ0v) is 91.4. The number of hydrogen-bond acceptors (Lipinski definition) is 18. The van der Waals surface area contributed by atoms with Crippen LogP contribution in [0.15, 0.2) is 236 Å². The molecule has 768 valence electrons. The van der Waals surface area contributed by atoms with Gasteiger partial charge in [0.15, 0.2) is 11.5 Å². The van der Waals surface area contributed by atoms with E-state index in [-0.39, 0.29) is 82.1 Å². The standard InChI is InChI=1S/C37H45NO5.C25H29N3O4.C23H19NS4.C22H25N.3C5H10.3Fe/c1-38(26-28-8-2-3-9-28)27-35-32-12-6-4-10-30(32)34(31-11-5-7-13-33(31)35)24-29-14-15-36-37(25-29)43-23-21-41-19-17-39-16-18-40-20-22-42-36;29-15-14-28-24(31)19-7-3-6-18-21(9-8-20(23(18)19)25(28)32)27-12-10-26(11-13-27)16-22(30)17-4-1-2-5-17;1-24(13-18-15-27-23(28-18)22-25-10-11-26-22)14-21-19-8-4-2-6-16(19)12-17-7-3-5-9-20(17)21;1-23(15-17-8-2-3-9-17)16-22-20-12-6-4-10-18(20)14-19-11-5-7-13-21(19)22;3*1-2-4-5-3-1;;;/h4-7,10-15,25,28H,2-3,8-9,16-24,26-27H2,1H3;3,6-9,17,29H,1-2,4-5,10-16H2;2-12,15H,13-14H2,1H3;4-7,10-14,17H,2-3,8-9,15-16H2,1H3;3*1-5H2;;;. The number of thioether (sulfide) groups is 4. The third-order valence-corrected chi connectivity index (χ3v) is 34.9. The number of carbonyl (C=O) groups is 3. The third kappa shape index (κ3) is 30.7. The number of imide groups is 1. The van der Waals surface area contributed by atoms with Crippen molar-refractivity contribution in [2.24, 2.45) is 17.8 Å². The van der Waals surface area contributed by atoms with E-state index in [4.69, 9.17) is 23.7 Å². The Morgan fingerprint density at radius 3 is 1.24 bits per heavy atom. The van der Waals surface area contributed by atoms with Crippen molar-refractivity contribution in [1.29, 1.82) is 0 Å². The first kappa shape index (κ1) is 112. The Kier molecular flexibility index (Phi) is 45.7. The van der Waals surface area contributed by atoms with Gasteiger partial charge in [-0.3, -0.25) is 29.1 Å². The summed E-state index contributed by atoms with van der Waals surface area (Å²) >= 11 is 7.49. The fourth-order valence-electron chi connectivity index (χ4n) is 22.7. The van der Waals surface area contributed by atoms with Crippen molar-refractivity contribution in [3.63, 3.8) is 0 Å². The van der Waals surface area contributed by atoms with Crippen LogP contribution in [0.3, 0.4) is 0 Å². The van der Waals surface area contributed by atoms with Crippen LogP contribution in [-0.4, -0.2) is 187 Å². The fourth-order valence-corrected chi connectivity index (χ4v) is 27.2. The summed E-state index contributed by atoms with van der Waals surface area (Å²) in [6.07, 6.45) is 39.0. The number of amides is 2. The topological polar surface area (TPSA) is 137 Å². The molecule has 0 bridgehead atoms. The van der Waals surface area contributed by atoms with Gasteiger partial charge >= 0.3 is 0 Å². The minimum absolute atomic E-state index is 0. The smallest absolute Gasteiger partial charge is 0.261 e. The van der Waals surface area contributed by atoms with E-state index in [2.05, 4.69) is 232 Å². The zero-order valence-electron chi connectivity index (χ0n) is 84.8. The van der Waals surface area contributed by atoms with Crippen molar-refractivity contribution in [3.8, 4) is 11.5 Å². The number of ether oxygens (including phenoxy) is 5. The number of anilines is 1. The van der Waals surface area contributed by atoms with E-state index in [0.717, 1.165) is 111 Å². The summed E-state index contributed by atoms with van der Waals surface area (Å²) in [5.74, 6) is 3.15. The number of benzene rings is 12.